The van der Waals surface area contributed by atoms with Gasteiger partial charge in [-0.15, -0.1) is 0 Å². The molecule has 30 heavy (non-hydrogen) atoms. The van der Waals surface area contributed by atoms with Crippen LogP contribution >= 0.6 is 23.6 Å². The van der Waals surface area contributed by atoms with E-state index in [9.17, 15) is 9.59 Å². The van der Waals surface area contributed by atoms with Gasteiger partial charge in [-0.2, -0.15) is 0 Å². The molecule has 0 saturated heterocycles. The number of esters is 1. The summed E-state index contributed by atoms with van der Waals surface area (Å²) in [7, 11) is 1.50. The number of carbonyl (C=O) groups is 2. The zero-order valence-electron chi connectivity index (χ0n) is 16.6. The highest BCUT2D eigenvalue weighted by atomic mass is 32.1. The second-order valence-corrected chi connectivity index (χ2v) is 7.74. The second-order valence-electron chi connectivity index (χ2n) is 6.30. The maximum Gasteiger partial charge on any atom is 0.338 e. The first kappa shape index (κ1) is 21.7. The van der Waals surface area contributed by atoms with Crippen molar-refractivity contribution in [3.63, 3.8) is 0 Å². The summed E-state index contributed by atoms with van der Waals surface area (Å²) in [6.45, 7) is 2.44. The number of rotatable bonds is 7. The van der Waals surface area contributed by atoms with Gasteiger partial charge in [-0.25, -0.2) is 9.78 Å². The molecule has 0 fully saturated rings. The first-order valence-corrected chi connectivity index (χ1v) is 10.6. The monoisotopic (exact) mass is 443 g/mol. The van der Waals surface area contributed by atoms with Crippen LogP contribution in [0.15, 0.2) is 42.5 Å². The lowest BCUT2D eigenvalue weighted by atomic mass is 10.2. The number of hydrogen-bond donors (Lipinski definition) is 2. The van der Waals surface area contributed by atoms with Gasteiger partial charge in [0, 0.05) is 0 Å². The summed E-state index contributed by atoms with van der Waals surface area (Å²) in [5, 5.41) is 6.15. The summed E-state index contributed by atoms with van der Waals surface area (Å²) in [4.78, 5) is 29.0. The van der Waals surface area contributed by atoms with Crippen molar-refractivity contribution in [2.45, 2.75) is 19.8 Å². The lowest BCUT2D eigenvalue weighted by Crippen LogP contribution is -2.34. The van der Waals surface area contributed by atoms with Gasteiger partial charge >= 0.3 is 5.97 Å². The number of amides is 1. The minimum absolute atomic E-state index is 0.115. The summed E-state index contributed by atoms with van der Waals surface area (Å²) in [6, 6.07) is 12.0. The lowest BCUT2D eigenvalue weighted by Gasteiger charge is -2.09. The van der Waals surface area contributed by atoms with Crippen molar-refractivity contribution in [2.24, 2.45) is 0 Å². The zero-order chi connectivity index (χ0) is 21.5. The van der Waals surface area contributed by atoms with E-state index in [1.807, 2.05) is 6.92 Å². The molecule has 0 spiro atoms. The SMILES string of the molecule is CCCCOC(=O)c1ccc2nc(NC(=S)NC(=O)c3ccccc3OC)sc2c1. The van der Waals surface area contributed by atoms with Crippen LogP contribution in [0.4, 0.5) is 5.13 Å². The van der Waals surface area contributed by atoms with Crippen molar-refractivity contribution >= 4 is 55.9 Å². The van der Waals surface area contributed by atoms with Crippen LogP contribution in [0.2, 0.25) is 0 Å². The molecule has 0 aliphatic rings. The molecule has 2 aromatic carbocycles. The molecule has 0 aliphatic heterocycles. The van der Waals surface area contributed by atoms with E-state index in [1.165, 1.54) is 18.4 Å². The van der Waals surface area contributed by atoms with Gasteiger partial charge in [-0.1, -0.05) is 36.8 Å². The van der Waals surface area contributed by atoms with E-state index in [4.69, 9.17) is 21.7 Å². The molecule has 3 aromatic rings. The summed E-state index contributed by atoms with van der Waals surface area (Å²) >= 11 is 6.55. The number of thiocarbonyl (C=S) groups is 1. The number of benzene rings is 2. The quantitative estimate of drug-likeness (QED) is 0.318. The lowest BCUT2D eigenvalue weighted by molar-refractivity contribution is 0.0500. The number of aromatic nitrogens is 1. The van der Waals surface area contributed by atoms with Crippen molar-refractivity contribution < 1.29 is 19.1 Å². The van der Waals surface area contributed by atoms with Crippen LogP contribution < -0.4 is 15.4 Å². The van der Waals surface area contributed by atoms with E-state index in [0.29, 0.717) is 34.1 Å². The first-order chi connectivity index (χ1) is 14.5. The fourth-order valence-electron chi connectivity index (χ4n) is 2.63. The Hall–Kier alpha value is -3.04. The fraction of sp³-hybridized carbons (Fsp3) is 0.238. The predicted molar refractivity (Wildman–Crippen MR) is 121 cm³/mol. The van der Waals surface area contributed by atoms with Crippen LogP contribution in [0.5, 0.6) is 5.75 Å². The highest BCUT2D eigenvalue weighted by Gasteiger charge is 2.15. The van der Waals surface area contributed by atoms with E-state index in [-0.39, 0.29) is 17.0 Å². The third-order valence-corrected chi connectivity index (χ3v) is 5.29. The van der Waals surface area contributed by atoms with Crippen LogP contribution in [0, 0.1) is 0 Å². The van der Waals surface area contributed by atoms with Crippen molar-refractivity contribution in [3.05, 3.63) is 53.6 Å². The molecule has 1 amide bonds. The number of para-hydroxylation sites is 1. The highest BCUT2D eigenvalue weighted by Crippen LogP contribution is 2.27. The van der Waals surface area contributed by atoms with Gasteiger partial charge in [-0.05, 0) is 49.0 Å². The van der Waals surface area contributed by atoms with Crippen LogP contribution in [-0.2, 0) is 4.74 Å². The summed E-state index contributed by atoms with van der Waals surface area (Å²) in [5.41, 5.74) is 1.56. The van der Waals surface area contributed by atoms with Crippen LogP contribution in [0.3, 0.4) is 0 Å². The molecule has 0 saturated carbocycles. The molecular formula is C21H21N3O4S2. The number of carbonyl (C=O) groups excluding carboxylic acids is 2. The third-order valence-electron chi connectivity index (χ3n) is 4.15. The first-order valence-electron chi connectivity index (χ1n) is 9.35. The number of methoxy groups -OCH3 is 1. The maximum atomic E-state index is 12.4. The van der Waals surface area contributed by atoms with Gasteiger partial charge in [0.2, 0.25) is 0 Å². The number of anilines is 1. The Morgan fingerprint density at radius 3 is 2.77 bits per heavy atom. The van der Waals surface area contributed by atoms with Crippen LogP contribution in [0.25, 0.3) is 10.2 Å². The molecule has 3 rings (SSSR count). The van der Waals surface area contributed by atoms with E-state index in [2.05, 4.69) is 15.6 Å². The van der Waals surface area contributed by atoms with Crippen molar-refractivity contribution in [2.75, 3.05) is 19.0 Å². The van der Waals surface area contributed by atoms with E-state index in [1.54, 1.807) is 42.5 Å². The molecule has 0 atom stereocenters. The number of hydrogen-bond acceptors (Lipinski definition) is 7. The van der Waals surface area contributed by atoms with Gasteiger partial charge in [0.1, 0.15) is 5.75 Å². The minimum Gasteiger partial charge on any atom is -0.496 e. The molecule has 156 valence electrons. The van der Waals surface area contributed by atoms with Gasteiger partial charge in [0.15, 0.2) is 10.2 Å². The standard InChI is InChI=1S/C21H21N3O4S2/c1-3-4-11-28-19(26)13-9-10-15-17(12-13)30-21(22-15)24-20(29)23-18(25)14-7-5-6-8-16(14)27-2/h5-10,12H,3-4,11H2,1-2H3,(H2,22,23,24,25,29). The third kappa shape index (κ3) is 5.31. The average Bonchev–Trinajstić information content (AvgIpc) is 3.14. The summed E-state index contributed by atoms with van der Waals surface area (Å²) in [5.74, 6) is -0.285. The zero-order valence-corrected chi connectivity index (χ0v) is 18.2. The van der Waals surface area contributed by atoms with Crippen molar-refractivity contribution in [1.82, 2.24) is 10.3 Å². The van der Waals surface area contributed by atoms with E-state index in [0.717, 1.165) is 17.5 Å². The second kappa shape index (κ2) is 10.1. The number of ether oxygens (including phenoxy) is 2. The molecule has 7 nitrogen and oxygen atoms in total. The number of fused-ring (bicyclic) bond motifs is 1. The number of unbranched alkanes of at least 4 members (excludes halogenated alkanes) is 1. The highest BCUT2D eigenvalue weighted by molar-refractivity contribution is 7.80. The Morgan fingerprint density at radius 1 is 1.20 bits per heavy atom. The van der Waals surface area contributed by atoms with Gasteiger partial charge in [0.05, 0.1) is 35.1 Å². The number of nitrogens with one attached hydrogen (secondary N) is 2. The van der Waals surface area contributed by atoms with Gasteiger partial charge in [0.25, 0.3) is 5.91 Å². The molecule has 0 bridgehead atoms. The van der Waals surface area contributed by atoms with E-state index >= 15 is 0 Å². The van der Waals surface area contributed by atoms with Crippen LogP contribution in [0.1, 0.15) is 40.5 Å². The van der Waals surface area contributed by atoms with E-state index < -0.39 is 0 Å². The Balaban J connectivity index is 1.66. The molecule has 2 N–H and O–H groups in total. The minimum atomic E-state index is -0.386. The Kier molecular flexibility index (Phi) is 7.31. The molecule has 1 aromatic heterocycles. The van der Waals surface area contributed by atoms with Crippen molar-refractivity contribution in [1.29, 1.82) is 0 Å². The van der Waals surface area contributed by atoms with Crippen molar-refractivity contribution in [3.8, 4) is 5.75 Å². The maximum absolute atomic E-state index is 12.4. The topological polar surface area (TPSA) is 89.5 Å². The largest absolute Gasteiger partial charge is 0.496 e. The van der Waals surface area contributed by atoms with Gasteiger partial charge < -0.3 is 14.8 Å². The fourth-order valence-corrected chi connectivity index (χ4v) is 3.79. The Bertz CT molecular complexity index is 1080. The number of thiazole rings is 1. The molecule has 0 unspecified atom stereocenters. The normalized spacial score (nSPS) is 10.5. The molecule has 1 heterocycles. The predicted octanol–water partition coefficient (Wildman–Crippen LogP) is 4.39. The molecule has 0 aliphatic carbocycles. The smallest absolute Gasteiger partial charge is 0.338 e. The Labute approximate surface area is 183 Å². The molecule has 0 radical (unpaired) electrons. The van der Waals surface area contributed by atoms with Crippen LogP contribution in [-0.4, -0.2) is 35.7 Å². The summed E-state index contributed by atoms with van der Waals surface area (Å²) in [6.07, 6.45) is 1.80. The van der Waals surface area contributed by atoms with Gasteiger partial charge in [-0.3, -0.25) is 10.1 Å². The average molecular weight is 444 g/mol. The molecular weight excluding hydrogens is 422 g/mol. The Morgan fingerprint density at radius 2 is 2.00 bits per heavy atom. The number of nitrogens with zero attached hydrogens (tertiary/aromatic N) is 1. The summed E-state index contributed by atoms with van der Waals surface area (Å²) < 4.78 is 11.2. The molecule has 9 heteroatoms.